The van der Waals surface area contributed by atoms with Gasteiger partial charge < -0.3 is 9.84 Å². The number of aliphatic carboxylic acids is 1. The summed E-state index contributed by atoms with van der Waals surface area (Å²) in [5.41, 5.74) is 0. The topological polar surface area (TPSA) is 63.6 Å². The second-order valence-electron chi connectivity index (χ2n) is 4.36. The van der Waals surface area contributed by atoms with E-state index in [1.54, 1.807) is 0 Å². The van der Waals surface area contributed by atoms with Crippen molar-refractivity contribution in [3.8, 4) is 0 Å². The normalized spacial score (nSPS) is 10.4. The number of carbonyl (C=O) groups excluding carboxylic acids is 1. The van der Waals surface area contributed by atoms with Gasteiger partial charge in [-0.3, -0.25) is 9.59 Å². The fourth-order valence-electron chi connectivity index (χ4n) is 1.30. The van der Waals surface area contributed by atoms with Crippen LogP contribution in [0.5, 0.6) is 0 Å². The van der Waals surface area contributed by atoms with Crippen molar-refractivity contribution in [3.05, 3.63) is 0 Å². The van der Waals surface area contributed by atoms with Gasteiger partial charge in [0.1, 0.15) is 0 Å². The van der Waals surface area contributed by atoms with Crippen molar-refractivity contribution in [2.75, 3.05) is 6.61 Å². The van der Waals surface area contributed by atoms with Gasteiger partial charge in [-0.15, -0.1) is 0 Å². The smallest absolute Gasteiger partial charge is 0.305 e. The second-order valence-corrected chi connectivity index (χ2v) is 4.36. The number of carboxylic acids is 1. The van der Waals surface area contributed by atoms with Crippen LogP contribution in [0.3, 0.4) is 0 Å². The molecule has 94 valence electrons. The molecule has 0 radical (unpaired) electrons. The zero-order valence-electron chi connectivity index (χ0n) is 10.2. The van der Waals surface area contributed by atoms with Crippen LogP contribution in [0.15, 0.2) is 0 Å². The molecule has 0 amide bonds. The molecular weight excluding hydrogens is 208 g/mol. The molecule has 0 unspecified atom stereocenters. The molecule has 0 fully saturated rings. The molecule has 1 N–H and O–H groups in total. The number of esters is 1. The zero-order valence-corrected chi connectivity index (χ0v) is 10.2. The summed E-state index contributed by atoms with van der Waals surface area (Å²) in [6.45, 7) is 4.53. The van der Waals surface area contributed by atoms with E-state index in [0.717, 1.165) is 19.3 Å². The van der Waals surface area contributed by atoms with Gasteiger partial charge in [0.05, 0.1) is 6.61 Å². The Hall–Kier alpha value is -1.06. The third kappa shape index (κ3) is 11.0. The number of hydrogen-bond donors (Lipinski definition) is 1. The molecular formula is C12H22O4. The highest BCUT2D eigenvalue weighted by molar-refractivity contribution is 5.69. The molecule has 0 bridgehead atoms. The monoisotopic (exact) mass is 230 g/mol. The van der Waals surface area contributed by atoms with Crippen molar-refractivity contribution in [1.29, 1.82) is 0 Å². The van der Waals surface area contributed by atoms with Crippen LogP contribution in [0.25, 0.3) is 0 Å². The Morgan fingerprint density at radius 3 is 2.38 bits per heavy atom. The molecule has 0 rings (SSSR count). The lowest BCUT2D eigenvalue weighted by Gasteiger charge is -2.05. The standard InChI is InChI=1S/C12H22O4/c1-10(2)6-3-4-8-12(15)16-9-5-7-11(13)14/h10H,3-9H2,1-2H3,(H,13,14). The Labute approximate surface area is 97.0 Å². The van der Waals surface area contributed by atoms with Crippen LogP contribution in [-0.2, 0) is 14.3 Å². The summed E-state index contributed by atoms with van der Waals surface area (Å²) in [5.74, 6) is -0.395. The number of hydrogen-bond acceptors (Lipinski definition) is 3. The maximum Gasteiger partial charge on any atom is 0.305 e. The van der Waals surface area contributed by atoms with Gasteiger partial charge in [-0.1, -0.05) is 26.7 Å². The zero-order chi connectivity index (χ0) is 12.4. The molecule has 0 aliphatic carbocycles. The van der Waals surface area contributed by atoms with Gasteiger partial charge in [0.15, 0.2) is 0 Å². The van der Waals surface area contributed by atoms with E-state index in [1.165, 1.54) is 0 Å². The highest BCUT2D eigenvalue weighted by Gasteiger charge is 2.04. The van der Waals surface area contributed by atoms with Crippen LogP contribution >= 0.6 is 0 Å². The first kappa shape index (κ1) is 14.9. The Morgan fingerprint density at radius 1 is 1.12 bits per heavy atom. The summed E-state index contributed by atoms with van der Waals surface area (Å²) in [4.78, 5) is 21.3. The predicted octanol–water partition coefficient (Wildman–Crippen LogP) is 2.61. The quantitative estimate of drug-likeness (QED) is 0.488. The van der Waals surface area contributed by atoms with Gasteiger partial charge in [-0.25, -0.2) is 0 Å². The maximum atomic E-state index is 11.2. The van der Waals surface area contributed by atoms with E-state index >= 15 is 0 Å². The minimum atomic E-state index is -0.854. The number of unbranched alkanes of at least 4 members (excludes halogenated alkanes) is 1. The molecule has 0 atom stereocenters. The lowest BCUT2D eigenvalue weighted by atomic mass is 10.1. The van der Waals surface area contributed by atoms with E-state index in [9.17, 15) is 9.59 Å². The Kier molecular flexibility index (Phi) is 8.58. The molecule has 4 heteroatoms. The minimum Gasteiger partial charge on any atom is -0.481 e. The van der Waals surface area contributed by atoms with Gasteiger partial charge in [0.25, 0.3) is 0 Å². The van der Waals surface area contributed by atoms with Gasteiger partial charge in [0.2, 0.25) is 0 Å². The van der Waals surface area contributed by atoms with Crippen LogP contribution in [0, 0.1) is 5.92 Å². The van der Waals surface area contributed by atoms with Gasteiger partial charge >= 0.3 is 11.9 Å². The summed E-state index contributed by atoms with van der Waals surface area (Å²) in [7, 11) is 0. The first-order valence-corrected chi connectivity index (χ1v) is 5.89. The molecule has 0 aromatic rings. The molecule has 0 saturated carbocycles. The summed E-state index contributed by atoms with van der Waals surface area (Å²) < 4.78 is 4.90. The Balaban J connectivity index is 3.28. The minimum absolute atomic E-state index is 0.0562. The lowest BCUT2D eigenvalue weighted by molar-refractivity contribution is -0.145. The molecule has 0 aromatic heterocycles. The van der Waals surface area contributed by atoms with Crippen molar-refractivity contribution in [2.24, 2.45) is 5.92 Å². The van der Waals surface area contributed by atoms with E-state index in [-0.39, 0.29) is 19.0 Å². The van der Waals surface area contributed by atoms with Crippen molar-refractivity contribution in [1.82, 2.24) is 0 Å². The molecule has 0 heterocycles. The van der Waals surface area contributed by atoms with Gasteiger partial charge in [0, 0.05) is 12.8 Å². The Bertz CT molecular complexity index is 211. The predicted molar refractivity (Wildman–Crippen MR) is 61.1 cm³/mol. The van der Waals surface area contributed by atoms with Crippen molar-refractivity contribution in [3.63, 3.8) is 0 Å². The molecule has 0 aliphatic heterocycles. The Morgan fingerprint density at radius 2 is 1.81 bits per heavy atom. The summed E-state index contributed by atoms with van der Waals surface area (Å²) >= 11 is 0. The summed E-state index contributed by atoms with van der Waals surface area (Å²) in [6.07, 6.45) is 3.93. The van der Waals surface area contributed by atoms with Crippen LogP contribution in [0.1, 0.15) is 52.4 Å². The van der Waals surface area contributed by atoms with Gasteiger partial charge in [-0.2, -0.15) is 0 Å². The average Bonchev–Trinajstić information content (AvgIpc) is 2.19. The fraction of sp³-hybridized carbons (Fsp3) is 0.833. The summed E-state index contributed by atoms with van der Waals surface area (Å²) in [6, 6.07) is 0. The van der Waals surface area contributed by atoms with E-state index in [0.29, 0.717) is 18.8 Å². The van der Waals surface area contributed by atoms with Crippen molar-refractivity contribution < 1.29 is 19.4 Å². The van der Waals surface area contributed by atoms with Crippen LogP contribution in [0.4, 0.5) is 0 Å². The first-order chi connectivity index (χ1) is 7.52. The van der Waals surface area contributed by atoms with E-state index in [1.807, 2.05) is 0 Å². The van der Waals surface area contributed by atoms with Crippen LogP contribution in [0.2, 0.25) is 0 Å². The lowest BCUT2D eigenvalue weighted by Crippen LogP contribution is -2.07. The molecule has 0 saturated heterocycles. The number of ether oxygens (including phenoxy) is 1. The molecule has 0 aliphatic rings. The molecule has 16 heavy (non-hydrogen) atoms. The average molecular weight is 230 g/mol. The number of rotatable bonds is 9. The highest BCUT2D eigenvalue weighted by atomic mass is 16.5. The maximum absolute atomic E-state index is 11.2. The fourth-order valence-corrected chi connectivity index (χ4v) is 1.30. The SMILES string of the molecule is CC(C)CCCCC(=O)OCCCC(=O)O. The molecule has 4 nitrogen and oxygen atoms in total. The van der Waals surface area contributed by atoms with Crippen molar-refractivity contribution in [2.45, 2.75) is 52.4 Å². The highest BCUT2D eigenvalue weighted by Crippen LogP contribution is 2.08. The van der Waals surface area contributed by atoms with E-state index in [2.05, 4.69) is 13.8 Å². The van der Waals surface area contributed by atoms with Crippen molar-refractivity contribution >= 4 is 11.9 Å². The molecule has 0 spiro atoms. The van der Waals surface area contributed by atoms with E-state index in [4.69, 9.17) is 9.84 Å². The second kappa shape index (κ2) is 9.19. The van der Waals surface area contributed by atoms with E-state index < -0.39 is 5.97 Å². The number of carbonyl (C=O) groups is 2. The van der Waals surface area contributed by atoms with Gasteiger partial charge in [-0.05, 0) is 18.8 Å². The third-order valence-electron chi connectivity index (χ3n) is 2.21. The number of carboxylic acid groups (broad SMARTS) is 1. The van der Waals surface area contributed by atoms with Crippen LogP contribution < -0.4 is 0 Å². The van der Waals surface area contributed by atoms with Crippen LogP contribution in [-0.4, -0.2) is 23.7 Å². The largest absolute Gasteiger partial charge is 0.481 e. The first-order valence-electron chi connectivity index (χ1n) is 5.89. The summed E-state index contributed by atoms with van der Waals surface area (Å²) in [5, 5.41) is 8.36. The molecule has 0 aromatic carbocycles. The third-order valence-corrected chi connectivity index (χ3v) is 2.21.